The Labute approximate surface area is 222 Å². The third kappa shape index (κ3) is 7.42. The predicted molar refractivity (Wildman–Crippen MR) is 145 cm³/mol. The number of thiazole rings is 1. The molecule has 198 valence electrons. The van der Waals surface area contributed by atoms with Crippen molar-refractivity contribution in [2.24, 2.45) is 0 Å². The SMILES string of the molecule is CCOC(=O)Cc1csc(-c2ccc3cccc(OCCN4CCN(C(=O)OC(C)(C)C)CC4)c3c2)n1. The molecule has 0 atom stereocenters. The van der Waals surface area contributed by atoms with E-state index in [-0.39, 0.29) is 18.5 Å². The van der Waals surface area contributed by atoms with Crippen LogP contribution in [0.1, 0.15) is 33.4 Å². The van der Waals surface area contributed by atoms with Crippen LogP contribution in [-0.2, 0) is 20.7 Å². The molecule has 0 N–H and O–H groups in total. The lowest BCUT2D eigenvalue weighted by Gasteiger charge is -2.35. The lowest BCUT2D eigenvalue weighted by Crippen LogP contribution is -2.50. The van der Waals surface area contributed by atoms with E-state index in [1.807, 2.05) is 44.4 Å². The zero-order chi connectivity index (χ0) is 26.4. The second-order valence-corrected chi connectivity index (χ2v) is 10.8. The largest absolute Gasteiger partial charge is 0.492 e. The Bertz CT molecular complexity index is 1230. The summed E-state index contributed by atoms with van der Waals surface area (Å²) in [6, 6.07) is 12.3. The Morgan fingerprint density at radius 2 is 1.86 bits per heavy atom. The molecule has 0 spiro atoms. The van der Waals surface area contributed by atoms with E-state index in [0.717, 1.165) is 52.4 Å². The Kier molecular flexibility index (Phi) is 8.66. The highest BCUT2D eigenvalue weighted by Gasteiger charge is 2.25. The number of esters is 1. The highest BCUT2D eigenvalue weighted by molar-refractivity contribution is 7.13. The molecule has 0 bridgehead atoms. The van der Waals surface area contributed by atoms with Crippen LogP contribution in [0.2, 0.25) is 0 Å². The average molecular weight is 526 g/mol. The summed E-state index contributed by atoms with van der Waals surface area (Å²) in [5, 5.41) is 4.88. The van der Waals surface area contributed by atoms with Gasteiger partial charge in [0, 0.05) is 49.1 Å². The fourth-order valence-electron chi connectivity index (χ4n) is 4.15. The summed E-state index contributed by atoms with van der Waals surface area (Å²) in [6.45, 7) is 12.0. The summed E-state index contributed by atoms with van der Waals surface area (Å²) in [5.41, 5.74) is 1.22. The van der Waals surface area contributed by atoms with Crippen LogP contribution in [0.4, 0.5) is 4.79 Å². The van der Waals surface area contributed by atoms with Gasteiger partial charge in [-0.3, -0.25) is 9.69 Å². The molecule has 1 aliphatic heterocycles. The van der Waals surface area contributed by atoms with Crippen molar-refractivity contribution < 1.29 is 23.8 Å². The summed E-state index contributed by atoms with van der Waals surface area (Å²) in [7, 11) is 0. The molecule has 1 fully saturated rings. The Hall–Kier alpha value is -3.17. The number of carbonyl (C=O) groups is 2. The van der Waals surface area contributed by atoms with Crippen molar-refractivity contribution in [1.29, 1.82) is 0 Å². The smallest absolute Gasteiger partial charge is 0.410 e. The lowest BCUT2D eigenvalue weighted by atomic mass is 10.1. The highest BCUT2D eigenvalue weighted by Crippen LogP contribution is 2.32. The zero-order valence-electron chi connectivity index (χ0n) is 22.0. The van der Waals surface area contributed by atoms with E-state index in [1.165, 1.54) is 11.3 Å². The van der Waals surface area contributed by atoms with Crippen LogP contribution in [0.25, 0.3) is 21.3 Å². The molecule has 0 aliphatic carbocycles. The summed E-state index contributed by atoms with van der Waals surface area (Å²) in [4.78, 5) is 32.8. The Morgan fingerprint density at radius 3 is 2.59 bits per heavy atom. The molecule has 9 heteroatoms. The fourth-order valence-corrected chi connectivity index (χ4v) is 4.97. The number of hydrogen-bond acceptors (Lipinski definition) is 8. The second kappa shape index (κ2) is 11.9. The van der Waals surface area contributed by atoms with Crippen LogP contribution in [0.3, 0.4) is 0 Å². The van der Waals surface area contributed by atoms with Gasteiger partial charge in [-0.05, 0) is 45.2 Å². The minimum Gasteiger partial charge on any atom is -0.492 e. The van der Waals surface area contributed by atoms with E-state index in [2.05, 4.69) is 28.1 Å². The molecule has 4 rings (SSSR count). The number of hydrogen-bond donors (Lipinski definition) is 0. The molecular weight excluding hydrogens is 490 g/mol. The molecule has 2 aromatic carbocycles. The zero-order valence-corrected chi connectivity index (χ0v) is 22.8. The van der Waals surface area contributed by atoms with E-state index in [4.69, 9.17) is 14.2 Å². The van der Waals surface area contributed by atoms with Crippen LogP contribution in [0.5, 0.6) is 5.75 Å². The van der Waals surface area contributed by atoms with E-state index in [0.29, 0.717) is 26.3 Å². The molecule has 8 nitrogen and oxygen atoms in total. The van der Waals surface area contributed by atoms with E-state index in [1.54, 1.807) is 11.8 Å². The van der Waals surface area contributed by atoms with Gasteiger partial charge in [0.25, 0.3) is 0 Å². The Morgan fingerprint density at radius 1 is 1.08 bits per heavy atom. The predicted octanol–water partition coefficient (Wildman–Crippen LogP) is 5.00. The van der Waals surface area contributed by atoms with Crippen molar-refractivity contribution in [2.45, 2.75) is 39.7 Å². The van der Waals surface area contributed by atoms with E-state index in [9.17, 15) is 9.59 Å². The van der Waals surface area contributed by atoms with Crippen LogP contribution >= 0.6 is 11.3 Å². The van der Waals surface area contributed by atoms with Crippen molar-refractivity contribution in [1.82, 2.24) is 14.8 Å². The molecule has 1 saturated heterocycles. The summed E-state index contributed by atoms with van der Waals surface area (Å²) in [5.74, 6) is 0.565. The third-order valence-electron chi connectivity index (χ3n) is 5.96. The minimum atomic E-state index is -0.481. The number of nitrogens with zero attached hydrogens (tertiary/aromatic N) is 3. The fraction of sp³-hybridized carbons (Fsp3) is 0.464. The molecule has 37 heavy (non-hydrogen) atoms. The number of carbonyl (C=O) groups excluding carboxylic acids is 2. The van der Waals surface area contributed by atoms with Gasteiger partial charge in [-0.1, -0.05) is 24.3 Å². The van der Waals surface area contributed by atoms with Gasteiger partial charge in [0.2, 0.25) is 0 Å². The second-order valence-electron chi connectivity index (χ2n) is 9.98. The first-order valence-corrected chi connectivity index (χ1v) is 13.6. The van der Waals surface area contributed by atoms with Crippen molar-refractivity contribution >= 4 is 34.2 Å². The lowest BCUT2D eigenvalue weighted by molar-refractivity contribution is -0.142. The van der Waals surface area contributed by atoms with Gasteiger partial charge < -0.3 is 19.1 Å². The van der Waals surface area contributed by atoms with Gasteiger partial charge in [-0.2, -0.15) is 0 Å². The molecule has 1 aromatic heterocycles. The number of fused-ring (bicyclic) bond motifs is 1. The van der Waals surface area contributed by atoms with Crippen molar-refractivity contribution in [3.05, 3.63) is 47.5 Å². The van der Waals surface area contributed by atoms with Crippen molar-refractivity contribution in [2.75, 3.05) is 45.9 Å². The molecule has 1 amide bonds. The van der Waals surface area contributed by atoms with Gasteiger partial charge >= 0.3 is 12.1 Å². The number of piperazine rings is 1. The molecule has 0 radical (unpaired) electrons. The number of rotatable bonds is 8. The van der Waals surface area contributed by atoms with Crippen LogP contribution in [0.15, 0.2) is 41.8 Å². The summed E-state index contributed by atoms with van der Waals surface area (Å²) in [6.07, 6.45) is -0.0681. The quantitative estimate of drug-likeness (QED) is 0.383. The molecular formula is C28H35N3O5S. The first-order valence-electron chi connectivity index (χ1n) is 12.7. The molecule has 0 saturated carbocycles. The van der Waals surface area contributed by atoms with Crippen LogP contribution in [-0.4, -0.2) is 78.4 Å². The normalized spacial score (nSPS) is 14.5. The van der Waals surface area contributed by atoms with Gasteiger partial charge in [-0.15, -0.1) is 11.3 Å². The van der Waals surface area contributed by atoms with E-state index >= 15 is 0 Å². The number of ether oxygens (including phenoxy) is 3. The average Bonchev–Trinajstić information content (AvgIpc) is 3.32. The first-order chi connectivity index (χ1) is 17.7. The molecule has 1 aliphatic rings. The molecule has 0 unspecified atom stereocenters. The minimum absolute atomic E-state index is 0.179. The third-order valence-corrected chi connectivity index (χ3v) is 6.90. The monoisotopic (exact) mass is 525 g/mol. The van der Waals surface area contributed by atoms with Crippen molar-refractivity contribution in [3.8, 4) is 16.3 Å². The van der Waals surface area contributed by atoms with E-state index < -0.39 is 5.60 Å². The van der Waals surface area contributed by atoms with Gasteiger partial charge in [0.1, 0.15) is 23.0 Å². The number of aromatic nitrogens is 1. The summed E-state index contributed by atoms with van der Waals surface area (Å²) < 4.78 is 16.7. The van der Waals surface area contributed by atoms with Gasteiger partial charge in [0.05, 0.1) is 18.7 Å². The molecule has 2 heterocycles. The maximum absolute atomic E-state index is 12.3. The topological polar surface area (TPSA) is 81.2 Å². The standard InChI is InChI=1S/C28H35N3O5S/c1-5-34-25(32)18-22-19-37-26(29-22)21-10-9-20-7-6-8-24(23(20)17-21)35-16-15-30-11-13-31(14-12-30)27(33)36-28(2,3)4/h6-10,17,19H,5,11-16,18H2,1-4H3. The maximum atomic E-state index is 12.3. The highest BCUT2D eigenvalue weighted by atomic mass is 32.1. The Balaban J connectivity index is 1.34. The molecule has 3 aromatic rings. The van der Waals surface area contributed by atoms with Crippen LogP contribution in [0, 0.1) is 0 Å². The van der Waals surface area contributed by atoms with Gasteiger partial charge in [-0.25, -0.2) is 9.78 Å². The maximum Gasteiger partial charge on any atom is 0.410 e. The summed E-state index contributed by atoms with van der Waals surface area (Å²) >= 11 is 1.52. The number of amides is 1. The first kappa shape index (κ1) is 26.9. The van der Waals surface area contributed by atoms with Gasteiger partial charge in [0.15, 0.2) is 0 Å². The van der Waals surface area contributed by atoms with Crippen LogP contribution < -0.4 is 4.74 Å². The number of benzene rings is 2. The van der Waals surface area contributed by atoms with Crippen molar-refractivity contribution in [3.63, 3.8) is 0 Å².